The van der Waals surface area contributed by atoms with Crippen molar-refractivity contribution in [2.45, 2.75) is 32.1 Å². The average molecular weight is 665 g/mol. The van der Waals surface area contributed by atoms with Crippen LogP contribution in [0.5, 0.6) is 0 Å². The summed E-state index contributed by atoms with van der Waals surface area (Å²) in [5.74, 6) is 1.03. The maximum absolute atomic E-state index is 6.71. The van der Waals surface area contributed by atoms with E-state index in [0.717, 1.165) is 24.2 Å². The van der Waals surface area contributed by atoms with E-state index in [2.05, 4.69) is 172 Å². The lowest BCUT2D eigenvalue weighted by atomic mass is 9.81. The number of benzene rings is 8. The van der Waals surface area contributed by atoms with Crippen LogP contribution in [0.25, 0.3) is 88.3 Å². The highest BCUT2D eigenvalue weighted by Gasteiger charge is 2.35. The number of hydrogen-bond acceptors (Lipinski definition) is 1. The van der Waals surface area contributed by atoms with Crippen molar-refractivity contribution in [1.82, 2.24) is 0 Å². The van der Waals surface area contributed by atoms with Crippen LogP contribution < -0.4 is 0 Å². The van der Waals surface area contributed by atoms with E-state index in [4.69, 9.17) is 4.42 Å². The lowest BCUT2D eigenvalue weighted by Crippen LogP contribution is -2.14. The second kappa shape index (κ2) is 10.9. The lowest BCUT2D eigenvalue weighted by molar-refractivity contribution is 0.621. The fourth-order valence-electron chi connectivity index (χ4n) is 9.56. The quantitative estimate of drug-likeness (QED) is 0.171. The summed E-state index contributed by atoms with van der Waals surface area (Å²) in [6.45, 7) is 4.72. The Morgan fingerprint density at radius 3 is 1.83 bits per heavy atom. The minimum absolute atomic E-state index is 0.0394. The topological polar surface area (TPSA) is 13.1 Å². The minimum atomic E-state index is -0.0394. The summed E-state index contributed by atoms with van der Waals surface area (Å²) in [7, 11) is 0. The van der Waals surface area contributed by atoms with Crippen LogP contribution in [0.1, 0.15) is 36.1 Å². The SMILES string of the molecule is CC1(C)c2ccccc2-c2ccc(-c3cccc(-c4c5ccccc5c(-c5cccc6oc7c(c56)CCc5ccccc5-7)c5ccccc45)c3)cc21. The van der Waals surface area contributed by atoms with Crippen LogP contribution in [0.3, 0.4) is 0 Å². The highest BCUT2D eigenvalue weighted by molar-refractivity contribution is 6.24. The van der Waals surface area contributed by atoms with Crippen molar-refractivity contribution in [2.75, 3.05) is 0 Å². The molecular weight excluding hydrogens is 629 g/mol. The molecule has 0 radical (unpaired) electrons. The fourth-order valence-corrected chi connectivity index (χ4v) is 9.56. The van der Waals surface area contributed by atoms with Crippen LogP contribution >= 0.6 is 0 Å². The van der Waals surface area contributed by atoms with Gasteiger partial charge in [-0.2, -0.15) is 0 Å². The second-order valence-corrected chi connectivity index (χ2v) is 15.1. The van der Waals surface area contributed by atoms with E-state index < -0.39 is 0 Å². The summed E-state index contributed by atoms with van der Waals surface area (Å²) in [6.07, 6.45) is 2.00. The van der Waals surface area contributed by atoms with Gasteiger partial charge in [-0.15, -0.1) is 0 Å². The van der Waals surface area contributed by atoms with Gasteiger partial charge in [0.1, 0.15) is 11.3 Å². The summed E-state index contributed by atoms with van der Waals surface area (Å²) in [4.78, 5) is 0. The Morgan fingerprint density at radius 2 is 1.04 bits per heavy atom. The van der Waals surface area contributed by atoms with Crippen LogP contribution in [0.2, 0.25) is 0 Å². The zero-order chi connectivity index (χ0) is 34.6. The van der Waals surface area contributed by atoms with Crippen LogP contribution in [-0.2, 0) is 18.3 Å². The summed E-state index contributed by atoms with van der Waals surface area (Å²) < 4.78 is 6.71. The van der Waals surface area contributed by atoms with E-state index in [9.17, 15) is 0 Å². The Balaban J connectivity index is 1.12. The molecule has 2 aliphatic carbocycles. The molecule has 11 rings (SSSR count). The predicted molar refractivity (Wildman–Crippen MR) is 218 cm³/mol. The van der Waals surface area contributed by atoms with Gasteiger partial charge >= 0.3 is 0 Å². The van der Waals surface area contributed by atoms with E-state index in [-0.39, 0.29) is 5.41 Å². The number of fused-ring (bicyclic) bond motifs is 10. The molecule has 1 nitrogen and oxygen atoms in total. The van der Waals surface area contributed by atoms with E-state index in [1.807, 2.05) is 0 Å². The van der Waals surface area contributed by atoms with Crippen molar-refractivity contribution in [1.29, 1.82) is 0 Å². The Morgan fingerprint density at radius 1 is 0.442 bits per heavy atom. The molecule has 0 N–H and O–H groups in total. The number of rotatable bonds is 3. The summed E-state index contributed by atoms with van der Waals surface area (Å²) in [6, 6.07) is 58.4. The van der Waals surface area contributed by atoms with Crippen molar-refractivity contribution in [3.05, 3.63) is 180 Å². The molecule has 0 fully saturated rings. The first kappa shape index (κ1) is 29.5. The smallest absolute Gasteiger partial charge is 0.138 e. The molecule has 1 heterocycles. The Kier molecular flexibility index (Phi) is 6.20. The zero-order valence-corrected chi connectivity index (χ0v) is 29.3. The third kappa shape index (κ3) is 4.11. The molecule has 0 saturated carbocycles. The minimum Gasteiger partial charge on any atom is -0.456 e. The summed E-state index contributed by atoms with van der Waals surface area (Å²) in [5, 5.41) is 6.30. The molecule has 0 aliphatic heterocycles. The largest absolute Gasteiger partial charge is 0.456 e. The monoisotopic (exact) mass is 664 g/mol. The predicted octanol–water partition coefficient (Wildman–Crippen LogP) is 13.8. The molecule has 246 valence electrons. The Labute approximate surface area is 303 Å². The van der Waals surface area contributed by atoms with Gasteiger partial charge in [0.15, 0.2) is 0 Å². The van der Waals surface area contributed by atoms with E-state index in [1.54, 1.807) is 0 Å². The molecule has 2 aliphatic rings. The molecule has 52 heavy (non-hydrogen) atoms. The molecule has 8 aromatic carbocycles. The summed E-state index contributed by atoms with van der Waals surface area (Å²) >= 11 is 0. The first-order valence-corrected chi connectivity index (χ1v) is 18.5. The lowest BCUT2D eigenvalue weighted by Gasteiger charge is -2.22. The van der Waals surface area contributed by atoms with Gasteiger partial charge in [0.05, 0.1) is 0 Å². The van der Waals surface area contributed by atoms with Gasteiger partial charge in [-0.3, -0.25) is 0 Å². The van der Waals surface area contributed by atoms with Crippen LogP contribution in [-0.4, -0.2) is 0 Å². The van der Waals surface area contributed by atoms with Crippen LogP contribution in [0.4, 0.5) is 0 Å². The Hall–Kier alpha value is -6.18. The first-order valence-electron chi connectivity index (χ1n) is 18.5. The molecule has 0 saturated heterocycles. The maximum Gasteiger partial charge on any atom is 0.138 e. The van der Waals surface area contributed by atoms with Gasteiger partial charge in [-0.05, 0) is 114 Å². The van der Waals surface area contributed by atoms with Gasteiger partial charge in [0.2, 0.25) is 0 Å². The highest BCUT2D eigenvalue weighted by atomic mass is 16.3. The number of furan rings is 1. The summed E-state index contributed by atoms with van der Waals surface area (Å²) in [5.41, 5.74) is 17.9. The molecule has 0 amide bonds. The highest BCUT2D eigenvalue weighted by Crippen LogP contribution is 2.51. The van der Waals surface area contributed by atoms with Crippen molar-refractivity contribution < 1.29 is 4.42 Å². The molecule has 0 bridgehead atoms. The standard InChI is InChI=1S/C51H36O/c1-51(2)44-23-10-9-17-36(44)37-27-26-33(30-45(37)51)32-14-11-15-34(29-32)47-38-18-5-7-20-40(38)48(41-21-8-6-19-39(41)47)42-22-12-24-46-49(42)43-28-25-31-13-3-4-16-35(31)50(43)52-46/h3-24,26-27,29-30H,25,28H2,1-2H3. The number of aryl methyl sites for hydroxylation is 2. The van der Waals surface area contributed by atoms with Gasteiger partial charge in [-0.25, -0.2) is 0 Å². The van der Waals surface area contributed by atoms with E-state index >= 15 is 0 Å². The van der Waals surface area contributed by atoms with Crippen molar-refractivity contribution in [2.24, 2.45) is 0 Å². The van der Waals surface area contributed by atoms with Crippen molar-refractivity contribution in [3.8, 4) is 55.8 Å². The normalized spacial score (nSPS) is 14.0. The maximum atomic E-state index is 6.71. The van der Waals surface area contributed by atoms with Gasteiger partial charge in [0.25, 0.3) is 0 Å². The van der Waals surface area contributed by atoms with E-state index in [0.29, 0.717) is 0 Å². The molecule has 9 aromatic rings. The van der Waals surface area contributed by atoms with Crippen LogP contribution in [0.15, 0.2) is 162 Å². The van der Waals surface area contributed by atoms with Gasteiger partial charge < -0.3 is 4.42 Å². The van der Waals surface area contributed by atoms with Crippen LogP contribution in [0, 0.1) is 0 Å². The molecular formula is C51H36O. The molecule has 0 unspecified atom stereocenters. The second-order valence-electron chi connectivity index (χ2n) is 15.1. The molecule has 1 heteroatoms. The van der Waals surface area contributed by atoms with Gasteiger partial charge in [0, 0.05) is 21.9 Å². The molecule has 1 aromatic heterocycles. The molecule has 0 spiro atoms. The molecule has 0 atom stereocenters. The first-order chi connectivity index (χ1) is 25.6. The average Bonchev–Trinajstić information content (AvgIpc) is 3.69. The van der Waals surface area contributed by atoms with E-state index in [1.165, 1.54) is 99.3 Å². The third-order valence-electron chi connectivity index (χ3n) is 12.0. The third-order valence-corrected chi connectivity index (χ3v) is 12.0. The van der Waals surface area contributed by atoms with Crippen molar-refractivity contribution >= 4 is 32.5 Å². The van der Waals surface area contributed by atoms with Crippen molar-refractivity contribution in [3.63, 3.8) is 0 Å². The number of hydrogen-bond donors (Lipinski definition) is 0. The Bertz CT molecular complexity index is 2880. The van der Waals surface area contributed by atoms with Gasteiger partial charge in [-0.1, -0.05) is 153 Å². The zero-order valence-electron chi connectivity index (χ0n) is 29.3. The fraction of sp³-hybridized carbons (Fsp3) is 0.0980.